The third-order valence-electron chi connectivity index (χ3n) is 3.62. The Bertz CT molecular complexity index is 588. The molecule has 9 heteroatoms. The van der Waals surface area contributed by atoms with Crippen molar-refractivity contribution < 1.29 is 14.4 Å². The molecule has 2 N–H and O–H groups in total. The quantitative estimate of drug-likeness (QED) is 0.795. The van der Waals surface area contributed by atoms with E-state index in [0.29, 0.717) is 18.1 Å². The Kier molecular flexibility index (Phi) is 5.02. The molecule has 3 amide bonds. The van der Waals surface area contributed by atoms with Crippen LogP contribution >= 0.6 is 11.6 Å². The van der Waals surface area contributed by atoms with Crippen molar-refractivity contribution >= 4 is 29.3 Å². The van der Waals surface area contributed by atoms with E-state index < -0.39 is 11.8 Å². The minimum absolute atomic E-state index is 0.0261. The smallest absolute Gasteiger partial charge is 0.244 e. The zero-order valence-corrected chi connectivity index (χ0v) is 13.0. The van der Waals surface area contributed by atoms with Crippen molar-refractivity contribution in [3.63, 3.8) is 0 Å². The maximum Gasteiger partial charge on any atom is 0.244 e. The molecule has 1 fully saturated rings. The summed E-state index contributed by atoms with van der Waals surface area (Å²) in [7, 11) is 0. The Balaban J connectivity index is 2.07. The molecule has 2 heterocycles. The van der Waals surface area contributed by atoms with Crippen LogP contribution in [-0.4, -0.2) is 63.5 Å². The topological polar surface area (TPSA) is 102 Å². The van der Waals surface area contributed by atoms with E-state index >= 15 is 0 Å². The summed E-state index contributed by atoms with van der Waals surface area (Å²) in [5, 5.41) is 4.40. The molecule has 1 aliphatic heterocycles. The lowest BCUT2D eigenvalue weighted by molar-refractivity contribution is -0.133. The first-order chi connectivity index (χ1) is 10.4. The van der Waals surface area contributed by atoms with Gasteiger partial charge in [0.05, 0.1) is 17.1 Å². The Morgan fingerprint density at radius 1 is 1.32 bits per heavy atom. The van der Waals surface area contributed by atoms with Gasteiger partial charge in [0.2, 0.25) is 17.7 Å². The lowest BCUT2D eigenvalue weighted by Crippen LogP contribution is -2.41. The van der Waals surface area contributed by atoms with Gasteiger partial charge in [-0.1, -0.05) is 11.6 Å². The lowest BCUT2D eigenvalue weighted by atomic mass is 10.1. The normalized spacial score (nSPS) is 18.9. The molecule has 0 bridgehead atoms. The maximum absolute atomic E-state index is 12.3. The highest BCUT2D eigenvalue weighted by Crippen LogP contribution is 2.11. The number of halogens is 1. The average Bonchev–Trinajstić information content (AvgIpc) is 2.73. The Labute approximate surface area is 132 Å². The van der Waals surface area contributed by atoms with Crippen LogP contribution in [0.15, 0.2) is 12.4 Å². The number of nitrogens with zero attached hydrogens (tertiary/aromatic N) is 4. The molecule has 0 spiro atoms. The second-order valence-electron chi connectivity index (χ2n) is 5.26. The molecular weight excluding hydrogens is 310 g/mol. The molecular formula is C13H18ClN5O3. The summed E-state index contributed by atoms with van der Waals surface area (Å²) >= 11 is 5.76. The van der Waals surface area contributed by atoms with Crippen molar-refractivity contribution in [2.75, 3.05) is 26.2 Å². The number of primary amides is 1. The van der Waals surface area contributed by atoms with E-state index in [4.69, 9.17) is 17.3 Å². The van der Waals surface area contributed by atoms with Crippen LogP contribution in [0.2, 0.25) is 5.02 Å². The Morgan fingerprint density at radius 2 is 1.95 bits per heavy atom. The first kappa shape index (κ1) is 16.3. The molecule has 1 aliphatic rings. The molecule has 8 nitrogen and oxygen atoms in total. The summed E-state index contributed by atoms with van der Waals surface area (Å²) in [6.45, 7) is 2.64. The van der Waals surface area contributed by atoms with Crippen LogP contribution < -0.4 is 5.73 Å². The summed E-state index contributed by atoms with van der Waals surface area (Å²) in [5.41, 5.74) is 5.37. The average molecular weight is 328 g/mol. The fourth-order valence-electron chi connectivity index (χ4n) is 2.37. The number of nitrogens with two attached hydrogens (primary N) is 1. The summed E-state index contributed by atoms with van der Waals surface area (Å²) in [6, 6.07) is 0. The van der Waals surface area contributed by atoms with Crippen LogP contribution in [0.4, 0.5) is 0 Å². The van der Waals surface area contributed by atoms with Crippen molar-refractivity contribution in [3.8, 4) is 0 Å². The van der Waals surface area contributed by atoms with Crippen LogP contribution in [-0.2, 0) is 20.9 Å². The van der Waals surface area contributed by atoms with Gasteiger partial charge >= 0.3 is 0 Å². The number of aromatic nitrogens is 2. The maximum atomic E-state index is 12.3. The molecule has 0 saturated carbocycles. The summed E-state index contributed by atoms with van der Waals surface area (Å²) in [4.78, 5) is 38.5. The van der Waals surface area contributed by atoms with Gasteiger partial charge < -0.3 is 15.5 Å². The second kappa shape index (κ2) is 6.78. The molecule has 120 valence electrons. The third-order valence-corrected chi connectivity index (χ3v) is 3.82. The van der Waals surface area contributed by atoms with Crippen LogP contribution in [0.3, 0.4) is 0 Å². The van der Waals surface area contributed by atoms with Gasteiger partial charge in [-0.2, -0.15) is 5.10 Å². The van der Waals surface area contributed by atoms with Crippen molar-refractivity contribution in [2.45, 2.75) is 13.5 Å². The van der Waals surface area contributed by atoms with E-state index in [9.17, 15) is 14.4 Å². The molecule has 1 saturated heterocycles. The predicted molar refractivity (Wildman–Crippen MR) is 78.8 cm³/mol. The molecule has 1 atom stereocenters. The number of amides is 3. The zero-order chi connectivity index (χ0) is 16.3. The van der Waals surface area contributed by atoms with Crippen LogP contribution in [0.5, 0.6) is 0 Å². The number of hydrogen-bond acceptors (Lipinski definition) is 4. The minimum atomic E-state index is -0.573. The molecule has 1 aromatic heterocycles. The molecule has 0 aromatic carbocycles. The molecule has 1 unspecified atom stereocenters. The summed E-state index contributed by atoms with van der Waals surface area (Å²) in [5.74, 6) is -1.43. The van der Waals surface area contributed by atoms with Gasteiger partial charge in [-0.05, 0) is 0 Å². The van der Waals surface area contributed by atoms with Crippen molar-refractivity contribution in [1.82, 2.24) is 19.6 Å². The predicted octanol–water partition coefficient (Wildman–Crippen LogP) is -0.671. The van der Waals surface area contributed by atoms with E-state index in [1.165, 1.54) is 27.6 Å². The van der Waals surface area contributed by atoms with Crippen molar-refractivity contribution in [1.29, 1.82) is 0 Å². The van der Waals surface area contributed by atoms with E-state index in [0.717, 1.165) is 0 Å². The highest BCUT2D eigenvalue weighted by atomic mass is 35.5. The van der Waals surface area contributed by atoms with Gasteiger partial charge in [0.1, 0.15) is 6.54 Å². The monoisotopic (exact) mass is 327 g/mol. The molecule has 2 rings (SSSR count). The second-order valence-corrected chi connectivity index (χ2v) is 5.70. The van der Waals surface area contributed by atoms with Crippen LogP contribution in [0.25, 0.3) is 0 Å². The molecule has 22 heavy (non-hydrogen) atoms. The van der Waals surface area contributed by atoms with Crippen molar-refractivity contribution in [3.05, 3.63) is 17.4 Å². The minimum Gasteiger partial charge on any atom is -0.369 e. The van der Waals surface area contributed by atoms with E-state index in [2.05, 4.69) is 5.10 Å². The molecule has 1 aromatic rings. The first-order valence-corrected chi connectivity index (χ1v) is 7.25. The van der Waals surface area contributed by atoms with Gasteiger partial charge in [-0.3, -0.25) is 19.1 Å². The van der Waals surface area contributed by atoms with Gasteiger partial charge in [0.15, 0.2) is 0 Å². The number of carbonyl (C=O) groups excluding carboxylic acids is 3. The lowest BCUT2D eigenvalue weighted by Gasteiger charge is -2.22. The fraction of sp³-hybridized carbons (Fsp3) is 0.538. The van der Waals surface area contributed by atoms with Gasteiger partial charge in [-0.15, -0.1) is 0 Å². The third kappa shape index (κ3) is 3.97. The number of carbonyl (C=O) groups is 3. The van der Waals surface area contributed by atoms with Crippen molar-refractivity contribution in [2.24, 2.45) is 11.7 Å². The van der Waals surface area contributed by atoms with Crippen LogP contribution in [0.1, 0.15) is 6.92 Å². The fourth-order valence-corrected chi connectivity index (χ4v) is 2.53. The van der Waals surface area contributed by atoms with E-state index in [1.54, 1.807) is 6.20 Å². The first-order valence-electron chi connectivity index (χ1n) is 6.87. The van der Waals surface area contributed by atoms with E-state index in [-0.39, 0.29) is 31.4 Å². The highest BCUT2D eigenvalue weighted by Gasteiger charge is 2.29. The molecule has 0 aliphatic carbocycles. The standard InChI is InChI=1S/C13H18ClN5O3/c1-9(20)17-2-3-18(6-10(5-17)13(15)22)12(21)8-19-7-11(14)4-16-19/h4,7,10H,2-3,5-6,8H2,1H3,(H2,15,22). The summed E-state index contributed by atoms with van der Waals surface area (Å²) in [6.07, 6.45) is 2.99. The van der Waals surface area contributed by atoms with Gasteiger partial charge in [0, 0.05) is 39.3 Å². The van der Waals surface area contributed by atoms with Crippen LogP contribution in [0, 0.1) is 5.92 Å². The zero-order valence-electron chi connectivity index (χ0n) is 12.2. The summed E-state index contributed by atoms with van der Waals surface area (Å²) < 4.78 is 1.43. The SMILES string of the molecule is CC(=O)N1CCN(C(=O)Cn2cc(Cl)cn2)CC(C(N)=O)C1. The number of hydrogen-bond donors (Lipinski definition) is 1. The van der Waals surface area contributed by atoms with Gasteiger partial charge in [0.25, 0.3) is 0 Å². The van der Waals surface area contributed by atoms with Gasteiger partial charge in [-0.25, -0.2) is 0 Å². The highest BCUT2D eigenvalue weighted by molar-refractivity contribution is 6.30. The Hall–Kier alpha value is -2.09. The number of rotatable bonds is 3. The Morgan fingerprint density at radius 3 is 2.50 bits per heavy atom. The van der Waals surface area contributed by atoms with E-state index in [1.807, 2.05) is 0 Å². The largest absolute Gasteiger partial charge is 0.369 e. The molecule has 0 radical (unpaired) electrons.